The fourth-order valence-electron chi connectivity index (χ4n) is 5.15. The largest absolute Gasteiger partial charge is 0.463 e. The van der Waals surface area contributed by atoms with E-state index in [0.717, 1.165) is 58.3 Å². The van der Waals surface area contributed by atoms with Crippen LogP contribution in [0.4, 0.5) is 34.1 Å². The molecule has 5 aromatic rings. The van der Waals surface area contributed by atoms with Gasteiger partial charge >= 0.3 is 11.9 Å². The Kier molecular flexibility index (Phi) is 13.0. The fourth-order valence-corrected chi connectivity index (χ4v) is 5.15. The molecule has 51 heavy (non-hydrogen) atoms. The van der Waals surface area contributed by atoms with Crippen molar-refractivity contribution < 1.29 is 19.1 Å². The van der Waals surface area contributed by atoms with Crippen molar-refractivity contribution in [2.24, 2.45) is 25.4 Å². The molecule has 0 aromatic heterocycles. The average Bonchev–Trinajstić information content (AvgIpc) is 3.17. The maximum absolute atomic E-state index is 12.1. The number of hydrogen-bond donors (Lipinski definition) is 0. The minimum Gasteiger partial charge on any atom is -0.463 e. The first kappa shape index (κ1) is 36.0. The van der Waals surface area contributed by atoms with Gasteiger partial charge in [0, 0.05) is 48.3 Å². The van der Waals surface area contributed by atoms with Crippen LogP contribution in [0.1, 0.15) is 38.7 Å². The molecule has 0 saturated carbocycles. The maximum atomic E-state index is 12.1. The molecule has 0 bridgehead atoms. The van der Waals surface area contributed by atoms with Crippen molar-refractivity contribution >= 4 is 63.0 Å². The molecule has 0 fully saturated rings. The summed E-state index contributed by atoms with van der Waals surface area (Å²) in [7, 11) is 0. The van der Waals surface area contributed by atoms with E-state index < -0.39 is 5.97 Å². The summed E-state index contributed by atoms with van der Waals surface area (Å²) in [5.74, 6) is -0.363. The number of carbonyl (C=O) groups is 2. The van der Waals surface area contributed by atoms with Crippen molar-refractivity contribution in [3.8, 4) is 5.75 Å². The molecule has 258 valence electrons. The van der Waals surface area contributed by atoms with E-state index in [1.165, 1.54) is 5.69 Å². The minimum atomic E-state index is -0.471. The number of anilines is 1. The van der Waals surface area contributed by atoms with Gasteiger partial charge in [0.05, 0.1) is 35.0 Å². The second kappa shape index (κ2) is 18.5. The number of fused-ring (bicyclic) bond motifs is 1. The summed E-state index contributed by atoms with van der Waals surface area (Å²) in [5, 5.41) is 19.9. The van der Waals surface area contributed by atoms with E-state index in [-0.39, 0.29) is 19.0 Å². The highest BCUT2D eigenvalue weighted by Crippen LogP contribution is 2.35. The molecule has 10 nitrogen and oxygen atoms in total. The molecule has 0 amide bonds. The number of hydrogen-bond acceptors (Lipinski definition) is 10. The Labute approximate surface area is 297 Å². The van der Waals surface area contributed by atoms with Crippen LogP contribution in [0.2, 0.25) is 0 Å². The van der Waals surface area contributed by atoms with E-state index in [0.29, 0.717) is 24.3 Å². The van der Waals surface area contributed by atoms with Crippen LogP contribution >= 0.6 is 0 Å². The highest BCUT2D eigenvalue weighted by atomic mass is 16.5. The van der Waals surface area contributed by atoms with Gasteiger partial charge in [-0.2, -0.15) is 10.2 Å². The fraction of sp³-hybridized carbons (Fsp3) is 0.195. The first-order chi connectivity index (χ1) is 24.9. The Balaban J connectivity index is 1.15. The number of esters is 2. The monoisotopic (exact) mass is 680 g/mol. The van der Waals surface area contributed by atoms with Crippen LogP contribution in [0, 0.1) is 0 Å². The van der Waals surface area contributed by atoms with Gasteiger partial charge in [-0.15, -0.1) is 10.2 Å². The van der Waals surface area contributed by atoms with Gasteiger partial charge in [0.1, 0.15) is 5.75 Å². The minimum absolute atomic E-state index is 0.230. The summed E-state index contributed by atoms with van der Waals surface area (Å²) in [6, 6.07) is 34.4. The summed E-state index contributed by atoms with van der Waals surface area (Å²) in [6.45, 7) is 9.79. The molecule has 5 aromatic carbocycles. The number of carbonyl (C=O) groups excluding carboxylic acids is 2. The molecule has 0 saturated heterocycles. The molecule has 0 unspecified atom stereocenters. The van der Waals surface area contributed by atoms with Crippen molar-refractivity contribution in [1.82, 2.24) is 0 Å². The van der Waals surface area contributed by atoms with Gasteiger partial charge in [-0.1, -0.05) is 30.8 Å². The van der Waals surface area contributed by atoms with Crippen LogP contribution in [0.3, 0.4) is 0 Å². The summed E-state index contributed by atoms with van der Waals surface area (Å²) < 4.78 is 10.3. The lowest BCUT2D eigenvalue weighted by molar-refractivity contribution is -0.137. The third-order valence-corrected chi connectivity index (χ3v) is 7.91. The van der Waals surface area contributed by atoms with Gasteiger partial charge < -0.3 is 14.4 Å². The standard InChI is InChI=1S/C41H40N6O4/c1-4-40(48)50-28-10-9-13-41(49)51-35-24-14-30(15-25-35)29-42-31-16-18-32(19-17-31)43-45-38-26-27-39(37-12-8-7-11-36(37)38)46-44-33-20-22-34(23-21-33)47(5-2)6-3/h4,7-8,11-12,14-27,29H,1,5-6,9-10,13,28H2,2-3H3/b42-29+,45-43+,46-44+. The zero-order valence-electron chi connectivity index (χ0n) is 28.8. The summed E-state index contributed by atoms with van der Waals surface area (Å²) >= 11 is 0. The van der Waals surface area contributed by atoms with Crippen molar-refractivity contribution in [1.29, 1.82) is 0 Å². The molecule has 0 aliphatic heterocycles. The second-order valence-corrected chi connectivity index (χ2v) is 11.4. The number of azo groups is 2. The Hall–Kier alpha value is -6.29. The maximum Gasteiger partial charge on any atom is 0.330 e. The van der Waals surface area contributed by atoms with Crippen LogP contribution in [-0.2, 0) is 14.3 Å². The van der Waals surface area contributed by atoms with Gasteiger partial charge in [0.15, 0.2) is 0 Å². The van der Waals surface area contributed by atoms with Crippen molar-refractivity contribution in [2.75, 3.05) is 24.6 Å². The van der Waals surface area contributed by atoms with Crippen molar-refractivity contribution in [2.45, 2.75) is 33.1 Å². The van der Waals surface area contributed by atoms with Crippen molar-refractivity contribution in [3.05, 3.63) is 127 Å². The predicted octanol–water partition coefficient (Wildman–Crippen LogP) is 11.1. The van der Waals surface area contributed by atoms with Gasteiger partial charge in [-0.3, -0.25) is 9.79 Å². The topological polar surface area (TPSA) is 118 Å². The lowest BCUT2D eigenvalue weighted by Crippen LogP contribution is -2.21. The molecule has 0 radical (unpaired) electrons. The van der Waals surface area contributed by atoms with Gasteiger partial charge in [-0.05, 0) is 117 Å². The first-order valence-corrected chi connectivity index (χ1v) is 16.9. The number of aliphatic imine (C=N–C) groups is 1. The molecule has 5 rings (SSSR count). The van der Waals surface area contributed by atoms with E-state index in [1.807, 2.05) is 84.9 Å². The Bertz CT molecular complexity index is 2020. The molecule has 0 aliphatic rings. The van der Waals surface area contributed by atoms with Gasteiger partial charge in [0.25, 0.3) is 0 Å². The van der Waals surface area contributed by atoms with Crippen LogP contribution in [0.15, 0.2) is 147 Å². The molecular weight excluding hydrogens is 640 g/mol. The predicted molar refractivity (Wildman–Crippen MR) is 203 cm³/mol. The molecule has 10 heteroatoms. The third kappa shape index (κ3) is 10.6. The second-order valence-electron chi connectivity index (χ2n) is 11.4. The highest BCUT2D eigenvalue weighted by molar-refractivity contribution is 5.99. The number of rotatable bonds is 16. The van der Waals surface area contributed by atoms with E-state index in [2.05, 4.69) is 62.9 Å². The summed E-state index contributed by atoms with van der Waals surface area (Å²) in [6.07, 6.45) is 4.20. The first-order valence-electron chi connectivity index (χ1n) is 16.9. The number of unbranched alkanes of at least 4 members (excludes halogenated alkanes) is 1. The molecular formula is C41H40N6O4. The number of ether oxygens (including phenoxy) is 2. The smallest absolute Gasteiger partial charge is 0.330 e. The number of nitrogens with zero attached hydrogens (tertiary/aromatic N) is 6. The van der Waals surface area contributed by atoms with Crippen LogP contribution in [0.5, 0.6) is 5.75 Å². The average molecular weight is 681 g/mol. The summed E-state index contributed by atoms with van der Waals surface area (Å²) in [4.78, 5) is 30.0. The normalized spacial score (nSPS) is 11.4. The van der Waals surface area contributed by atoms with Crippen LogP contribution in [-0.4, -0.2) is 37.8 Å². The third-order valence-electron chi connectivity index (χ3n) is 7.91. The quantitative estimate of drug-likeness (QED) is 0.0257. The lowest BCUT2D eigenvalue weighted by atomic mass is 10.1. The SMILES string of the molecule is C=CC(=O)OCCCCC(=O)Oc1ccc(/C=N/c2ccc(/N=N/c3ccc(/N=N/c4ccc(N(CC)CC)cc4)c4ccccc34)cc2)cc1. The summed E-state index contributed by atoms with van der Waals surface area (Å²) in [5.41, 5.74) is 5.75. The Morgan fingerprint density at radius 3 is 1.82 bits per heavy atom. The highest BCUT2D eigenvalue weighted by Gasteiger charge is 2.07. The van der Waals surface area contributed by atoms with Gasteiger partial charge in [-0.25, -0.2) is 4.79 Å². The zero-order valence-corrected chi connectivity index (χ0v) is 28.8. The van der Waals surface area contributed by atoms with Gasteiger partial charge in [0.2, 0.25) is 0 Å². The van der Waals surface area contributed by atoms with E-state index in [4.69, 9.17) is 9.47 Å². The van der Waals surface area contributed by atoms with E-state index >= 15 is 0 Å². The van der Waals surface area contributed by atoms with Crippen LogP contribution in [0.25, 0.3) is 10.8 Å². The molecule has 0 heterocycles. The van der Waals surface area contributed by atoms with Crippen LogP contribution < -0.4 is 9.64 Å². The van der Waals surface area contributed by atoms with E-state index in [9.17, 15) is 9.59 Å². The van der Waals surface area contributed by atoms with E-state index in [1.54, 1.807) is 18.3 Å². The van der Waals surface area contributed by atoms with Crippen molar-refractivity contribution in [3.63, 3.8) is 0 Å². The molecule has 0 spiro atoms. The Morgan fingerprint density at radius 2 is 1.25 bits per heavy atom. The zero-order chi connectivity index (χ0) is 35.8. The number of benzene rings is 5. The Morgan fingerprint density at radius 1 is 0.686 bits per heavy atom. The molecule has 0 atom stereocenters. The lowest BCUT2D eigenvalue weighted by Gasteiger charge is -2.20. The molecule has 0 aliphatic carbocycles. The molecule has 0 N–H and O–H groups in total.